The van der Waals surface area contributed by atoms with Crippen molar-refractivity contribution in [1.82, 2.24) is 20.1 Å². The summed E-state index contributed by atoms with van der Waals surface area (Å²) >= 11 is 1.72. The van der Waals surface area contributed by atoms with Crippen LogP contribution in [0.3, 0.4) is 0 Å². The molecular formula is C17H24N4OS. The fourth-order valence-corrected chi connectivity index (χ4v) is 3.56. The molecule has 0 aromatic carbocycles. The van der Waals surface area contributed by atoms with E-state index in [9.17, 15) is 4.79 Å². The Labute approximate surface area is 141 Å². The number of piperazine rings is 1. The van der Waals surface area contributed by atoms with Crippen LogP contribution in [0.15, 0.2) is 35.8 Å². The van der Waals surface area contributed by atoms with Crippen LogP contribution >= 0.6 is 11.3 Å². The van der Waals surface area contributed by atoms with E-state index in [-0.39, 0.29) is 5.91 Å². The lowest BCUT2D eigenvalue weighted by molar-refractivity contribution is 0.0942. The third-order valence-electron chi connectivity index (χ3n) is 4.11. The summed E-state index contributed by atoms with van der Waals surface area (Å²) in [6.45, 7) is 6.90. The van der Waals surface area contributed by atoms with Crippen LogP contribution in [0.1, 0.15) is 21.8 Å². The lowest BCUT2D eigenvalue weighted by Crippen LogP contribution is -2.44. The van der Waals surface area contributed by atoms with Crippen LogP contribution < -0.4 is 10.6 Å². The molecule has 1 aliphatic rings. The molecular weight excluding hydrogens is 308 g/mol. The lowest BCUT2D eigenvalue weighted by Gasteiger charge is -2.27. The van der Waals surface area contributed by atoms with Crippen molar-refractivity contribution in [3.05, 3.63) is 46.4 Å². The smallest absolute Gasteiger partial charge is 0.267 e. The van der Waals surface area contributed by atoms with Crippen molar-refractivity contribution in [3.8, 4) is 0 Å². The number of carbonyl (C=O) groups is 1. The van der Waals surface area contributed by atoms with E-state index in [0.29, 0.717) is 0 Å². The van der Waals surface area contributed by atoms with Crippen LogP contribution in [0, 0.1) is 0 Å². The second-order valence-corrected chi connectivity index (χ2v) is 6.83. The Hall–Kier alpha value is -1.63. The minimum atomic E-state index is 0.0202. The molecule has 2 N–H and O–H groups in total. The highest BCUT2D eigenvalue weighted by atomic mass is 32.1. The minimum Gasteiger partial charge on any atom is -0.351 e. The molecule has 1 amide bonds. The Morgan fingerprint density at radius 2 is 2.13 bits per heavy atom. The summed E-state index contributed by atoms with van der Waals surface area (Å²) in [5.74, 6) is 0.0202. The van der Waals surface area contributed by atoms with Crippen LogP contribution in [0.5, 0.6) is 0 Å². The molecule has 3 rings (SSSR count). The third kappa shape index (κ3) is 4.67. The van der Waals surface area contributed by atoms with Crippen LogP contribution in [0.25, 0.3) is 0 Å². The molecule has 6 heteroatoms. The van der Waals surface area contributed by atoms with Crippen LogP contribution in [0.2, 0.25) is 0 Å². The van der Waals surface area contributed by atoms with Crippen molar-refractivity contribution in [2.24, 2.45) is 0 Å². The highest BCUT2D eigenvalue weighted by Crippen LogP contribution is 2.13. The van der Waals surface area contributed by atoms with Gasteiger partial charge in [-0.2, -0.15) is 0 Å². The van der Waals surface area contributed by atoms with Gasteiger partial charge in [0.05, 0.1) is 6.54 Å². The molecule has 0 bridgehead atoms. The quantitative estimate of drug-likeness (QED) is 0.758. The van der Waals surface area contributed by atoms with Crippen LogP contribution in [-0.2, 0) is 6.54 Å². The van der Waals surface area contributed by atoms with Gasteiger partial charge in [0, 0.05) is 43.8 Å². The van der Waals surface area contributed by atoms with Gasteiger partial charge in [-0.3, -0.25) is 4.79 Å². The number of thiophene rings is 1. The molecule has 0 radical (unpaired) electrons. The van der Waals surface area contributed by atoms with E-state index in [1.54, 1.807) is 11.3 Å². The summed E-state index contributed by atoms with van der Waals surface area (Å²) in [7, 11) is 0. The zero-order valence-electron chi connectivity index (χ0n) is 13.3. The SMILES string of the molecule is O=C(NCCCN1CCNCC1)c1cccn1Cc1cccs1. The number of aromatic nitrogens is 1. The number of rotatable bonds is 7. The number of nitrogens with one attached hydrogen (secondary N) is 2. The largest absolute Gasteiger partial charge is 0.351 e. The zero-order valence-corrected chi connectivity index (χ0v) is 14.1. The molecule has 0 spiro atoms. The molecule has 0 atom stereocenters. The molecule has 1 aliphatic heterocycles. The normalized spacial score (nSPS) is 15.7. The fraction of sp³-hybridized carbons (Fsp3) is 0.471. The van der Waals surface area contributed by atoms with Gasteiger partial charge in [0.15, 0.2) is 0 Å². The first-order valence-electron chi connectivity index (χ1n) is 8.22. The molecule has 2 aromatic heterocycles. The highest BCUT2D eigenvalue weighted by Gasteiger charge is 2.12. The van der Waals surface area contributed by atoms with E-state index >= 15 is 0 Å². The van der Waals surface area contributed by atoms with E-state index in [1.807, 2.05) is 29.0 Å². The van der Waals surface area contributed by atoms with Gasteiger partial charge in [-0.15, -0.1) is 11.3 Å². The van der Waals surface area contributed by atoms with Crippen molar-refractivity contribution in [3.63, 3.8) is 0 Å². The molecule has 0 saturated carbocycles. The summed E-state index contributed by atoms with van der Waals surface area (Å²) in [6.07, 6.45) is 2.97. The number of hydrogen-bond acceptors (Lipinski definition) is 4. The van der Waals surface area contributed by atoms with Crippen molar-refractivity contribution in [1.29, 1.82) is 0 Å². The van der Waals surface area contributed by atoms with Crippen molar-refractivity contribution < 1.29 is 4.79 Å². The predicted molar refractivity (Wildman–Crippen MR) is 94.1 cm³/mol. The average Bonchev–Trinajstić information content (AvgIpc) is 3.25. The highest BCUT2D eigenvalue weighted by molar-refractivity contribution is 7.09. The zero-order chi connectivity index (χ0) is 15.9. The van der Waals surface area contributed by atoms with Crippen molar-refractivity contribution in [2.75, 3.05) is 39.3 Å². The van der Waals surface area contributed by atoms with Gasteiger partial charge in [-0.1, -0.05) is 6.07 Å². The second kappa shape index (κ2) is 8.29. The van der Waals surface area contributed by atoms with Gasteiger partial charge in [0.1, 0.15) is 5.69 Å². The second-order valence-electron chi connectivity index (χ2n) is 5.80. The molecule has 0 unspecified atom stereocenters. The van der Waals surface area contributed by atoms with E-state index in [1.165, 1.54) is 4.88 Å². The van der Waals surface area contributed by atoms with Gasteiger partial charge < -0.3 is 20.1 Å². The summed E-state index contributed by atoms with van der Waals surface area (Å²) in [4.78, 5) is 16.1. The Kier molecular flexibility index (Phi) is 5.85. The molecule has 5 nitrogen and oxygen atoms in total. The monoisotopic (exact) mass is 332 g/mol. The standard InChI is InChI=1S/C17H24N4OS/c22-17(19-6-3-9-20-11-7-18-8-12-20)16-5-1-10-21(16)14-15-4-2-13-23-15/h1-2,4-5,10,13,18H,3,6-9,11-12,14H2,(H,19,22). The first-order valence-corrected chi connectivity index (χ1v) is 9.10. The van der Waals surface area contributed by atoms with E-state index in [4.69, 9.17) is 0 Å². The topological polar surface area (TPSA) is 49.3 Å². The van der Waals surface area contributed by atoms with Gasteiger partial charge in [-0.25, -0.2) is 0 Å². The van der Waals surface area contributed by atoms with Gasteiger partial charge in [0.2, 0.25) is 0 Å². The first-order chi connectivity index (χ1) is 11.3. The molecule has 124 valence electrons. The maximum Gasteiger partial charge on any atom is 0.267 e. The Morgan fingerprint density at radius 3 is 2.91 bits per heavy atom. The number of amides is 1. The molecule has 1 fully saturated rings. The third-order valence-corrected chi connectivity index (χ3v) is 4.98. The maximum absolute atomic E-state index is 12.4. The van der Waals surface area contributed by atoms with E-state index in [2.05, 4.69) is 27.0 Å². The van der Waals surface area contributed by atoms with Crippen molar-refractivity contribution in [2.45, 2.75) is 13.0 Å². The molecule has 0 aliphatic carbocycles. The molecule has 23 heavy (non-hydrogen) atoms. The average molecular weight is 332 g/mol. The van der Waals surface area contributed by atoms with Crippen molar-refractivity contribution >= 4 is 17.2 Å². The van der Waals surface area contributed by atoms with E-state index < -0.39 is 0 Å². The van der Waals surface area contributed by atoms with E-state index in [0.717, 1.165) is 57.9 Å². The minimum absolute atomic E-state index is 0.0202. The molecule has 3 heterocycles. The van der Waals surface area contributed by atoms with Crippen LogP contribution in [-0.4, -0.2) is 54.6 Å². The Balaban J connectivity index is 1.44. The fourth-order valence-electron chi connectivity index (χ4n) is 2.86. The number of nitrogens with zero attached hydrogens (tertiary/aromatic N) is 2. The first kappa shape index (κ1) is 16.2. The maximum atomic E-state index is 12.4. The lowest BCUT2D eigenvalue weighted by atomic mass is 10.3. The predicted octanol–water partition coefficient (Wildman–Crippen LogP) is 1.62. The number of hydrogen-bond donors (Lipinski definition) is 2. The summed E-state index contributed by atoms with van der Waals surface area (Å²) in [5.41, 5.74) is 0.737. The molecule has 2 aromatic rings. The summed E-state index contributed by atoms with van der Waals surface area (Å²) in [5, 5.41) is 8.46. The number of carbonyl (C=O) groups excluding carboxylic acids is 1. The Morgan fingerprint density at radius 1 is 1.26 bits per heavy atom. The van der Waals surface area contributed by atoms with Gasteiger partial charge in [0.25, 0.3) is 5.91 Å². The van der Waals surface area contributed by atoms with Gasteiger partial charge in [-0.05, 0) is 36.5 Å². The van der Waals surface area contributed by atoms with Crippen LogP contribution in [0.4, 0.5) is 0 Å². The summed E-state index contributed by atoms with van der Waals surface area (Å²) in [6, 6.07) is 7.96. The van der Waals surface area contributed by atoms with Gasteiger partial charge >= 0.3 is 0 Å². The Bertz CT molecular complexity index is 602. The summed E-state index contributed by atoms with van der Waals surface area (Å²) < 4.78 is 2.01. The molecule has 1 saturated heterocycles.